The van der Waals surface area contributed by atoms with Crippen LogP contribution in [0.1, 0.15) is 65.5 Å². The van der Waals surface area contributed by atoms with Gasteiger partial charge in [-0.15, -0.1) is 0 Å². The fourth-order valence-electron chi connectivity index (χ4n) is 3.56. The van der Waals surface area contributed by atoms with Gasteiger partial charge in [-0.1, -0.05) is 24.3 Å². The van der Waals surface area contributed by atoms with Crippen molar-refractivity contribution in [1.29, 1.82) is 0 Å². The van der Waals surface area contributed by atoms with Crippen LogP contribution in [0.25, 0.3) is 6.08 Å². The predicted molar refractivity (Wildman–Crippen MR) is 121 cm³/mol. The molecule has 0 fully saturated rings. The number of ether oxygens (including phenoxy) is 2. The van der Waals surface area contributed by atoms with E-state index in [1.165, 1.54) is 6.08 Å². The number of hydrogen-bond donors (Lipinski definition) is 2. The molecule has 172 valence electrons. The number of hydrogen-bond acceptors (Lipinski definition) is 6. The van der Waals surface area contributed by atoms with Gasteiger partial charge in [0.1, 0.15) is 5.60 Å². The summed E-state index contributed by atoms with van der Waals surface area (Å²) in [5, 5.41) is 13.0. The minimum atomic E-state index is -1.15. The number of allylic oxidation sites excluding steroid dienone is 2. The highest BCUT2D eigenvalue weighted by Gasteiger charge is 2.38. The molecule has 1 atom stereocenters. The lowest BCUT2D eigenvalue weighted by Crippen LogP contribution is -2.32. The molecule has 2 rings (SSSR count). The predicted octanol–water partition coefficient (Wildman–Crippen LogP) is 4.31. The van der Waals surface area contributed by atoms with Crippen LogP contribution in [-0.2, 0) is 23.9 Å². The van der Waals surface area contributed by atoms with E-state index in [1.807, 2.05) is 0 Å². The van der Waals surface area contributed by atoms with Gasteiger partial charge < -0.3 is 19.9 Å². The summed E-state index contributed by atoms with van der Waals surface area (Å²) < 4.78 is 10.7. The van der Waals surface area contributed by atoms with Crippen molar-refractivity contribution in [2.75, 3.05) is 0 Å². The van der Waals surface area contributed by atoms with Crippen LogP contribution in [0.4, 0.5) is 0 Å². The topological polar surface area (TPSA) is 102 Å². The fourth-order valence-corrected chi connectivity index (χ4v) is 3.56. The summed E-state index contributed by atoms with van der Waals surface area (Å²) in [7, 11) is 0. The molecule has 32 heavy (non-hydrogen) atoms. The van der Waals surface area contributed by atoms with E-state index >= 15 is 0 Å². The summed E-state index contributed by atoms with van der Waals surface area (Å²) in [5.41, 5.74) is 1.75. The molecule has 1 aliphatic rings. The molecule has 1 heterocycles. The molecule has 7 nitrogen and oxygen atoms in total. The molecular formula is C25H31NO6. The van der Waals surface area contributed by atoms with Crippen molar-refractivity contribution < 1.29 is 29.0 Å². The van der Waals surface area contributed by atoms with Crippen molar-refractivity contribution in [2.24, 2.45) is 0 Å². The molecule has 0 bridgehead atoms. The van der Waals surface area contributed by atoms with Crippen LogP contribution in [0, 0.1) is 0 Å². The lowest BCUT2D eigenvalue weighted by molar-refractivity contribution is -0.148. The van der Waals surface area contributed by atoms with Crippen molar-refractivity contribution in [3.05, 3.63) is 64.0 Å². The number of rotatable bonds is 6. The number of benzene rings is 1. The quantitative estimate of drug-likeness (QED) is 0.501. The van der Waals surface area contributed by atoms with E-state index in [2.05, 4.69) is 5.32 Å². The van der Waals surface area contributed by atoms with Gasteiger partial charge >= 0.3 is 17.9 Å². The summed E-state index contributed by atoms with van der Waals surface area (Å²) in [5.74, 6) is -3.13. The van der Waals surface area contributed by atoms with Gasteiger partial charge in [0.25, 0.3) is 0 Å². The lowest BCUT2D eigenvalue weighted by Gasteiger charge is -2.31. The minimum Gasteiger partial charge on any atom is -0.478 e. The molecular weight excluding hydrogens is 410 g/mol. The normalized spacial score (nSPS) is 16.9. The highest BCUT2D eigenvalue weighted by molar-refractivity contribution is 5.99. The Balaban J connectivity index is 2.62. The SMILES string of the molecule is CC1=C(C(=O)O)C(c2ccccc2/C=C/C(=O)OC(C)(C)C)C(C(=O)OC(C)C)=C(C)N1. The monoisotopic (exact) mass is 441 g/mol. The van der Waals surface area contributed by atoms with Crippen molar-refractivity contribution in [3.63, 3.8) is 0 Å². The van der Waals surface area contributed by atoms with Gasteiger partial charge in [-0.05, 0) is 65.7 Å². The lowest BCUT2D eigenvalue weighted by atomic mass is 9.78. The maximum absolute atomic E-state index is 13.0. The van der Waals surface area contributed by atoms with Gasteiger partial charge in [-0.2, -0.15) is 0 Å². The second-order valence-electron chi connectivity index (χ2n) is 8.89. The first-order valence-electron chi connectivity index (χ1n) is 10.4. The van der Waals surface area contributed by atoms with E-state index in [4.69, 9.17) is 9.47 Å². The third-order valence-corrected chi connectivity index (χ3v) is 4.67. The van der Waals surface area contributed by atoms with Gasteiger partial charge in [0.15, 0.2) is 0 Å². The maximum Gasteiger partial charge on any atom is 0.337 e. The highest BCUT2D eigenvalue weighted by atomic mass is 16.6. The molecule has 0 aliphatic carbocycles. The third kappa shape index (κ3) is 6.09. The number of carboxylic acid groups (broad SMARTS) is 1. The number of nitrogens with one attached hydrogen (secondary N) is 1. The standard InChI is InChI=1S/C25H31NO6/c1-14(2)31-24(30)21-16(4)26-15(3)20(23(28)29)22(21)18-11-9-8-10-17(18)12-13-19(27)32-25(5,6)7/h8-14,22,26H,1-7H3,(H,28,29)/b13-12+. The van der Waals surface area contributed by atoms with Gasteiger partial charge in [0, 0.05) is 17.5 Å². The molecule has 0 saturated carbocycles. The average molecular weight is 442 g/mol. The summed E-state index contributed by atoms with van der Waals surface area (Å²) in [6, 6.07) is 7.04. The Kier molecular flexibility index (Phi) is 7.67. The summed E-state index contributed by atoms with van der Waals surface area (Å²) in [6.45, 7) is 12.2. The van der Waals surface area contributed by atoms with E-state index in [0.29, 0.717) is 22.5 Å². The number of carboxylic acids is 1. The molecule has 0 aromatic heterocycles. The van der Waals surface area contributed by atoms with Gasteiger partial charge in [-0.25, -0.2) is 14.4 Å². The Hall–Kier alpha value is -3.35. The molecule has 2 N–H and O–H groups in total. The zero-order valence-corrected chi connectivity index (χ0v) is 19.6. The molecule has 7 heteroatoms. The Morgan fingerprint density at radius 3 is 2.22 bits per heavy atom. The first-order valence-corrected chi connectivity index (χ1v) is 10.4. The molecule has 1 unspecified atom stereocenters. The zero-order valence-electron chi connectivity index (χ0n) is 19.6. The van der Waals surface area contributed by atoms with E-state index in [-0.39, 0.29) is 17.3 Å². The molecule has 1 aliphatic heterocycles. The molecule has 0 spiro atoms. The average Bonchev–Trinajstić information content (AvgIpc) is 2.63. The smallest absolute Gasteiger partial charge is 0.337 e. The largest absolute Gasteiger partial charge is 0.478 e. The first kappa shape index (κ1) is 24.9. The van der Waals surface area contributed by atoms with Crippen LogP contribution in [-0.4, -0.2) is 34.7 Å². The minimum absolute atomic E-state index is 0.0458. The van der Waals surface area contributed by atoms with Crippen LogP contribution in [0.2, 0.25) is 0 Å². The number of esters is 2. The number of carbonyl (C=O) groups excluding carboxylic acids is 2. The fraction of sp³-hybridized carbons (Fsp3) is 0.400. The summed E-state index contributed by atoms with van der Waals surface area (Å²) >= 11 is 0. The van der Waals surface area contributed by atoms with E-state index in [1.54, 1.807) is 78.8 Å². The van der Waals surface area contributed by atoms with Crippen molar-refractivity contribution >= 4 is 24.0 Å². The van der Waals surface area contributed by atoms with Crippen LogP contribution < -0.4 is 5.32 Å². The van der Waals surface area contributed by atoms with Crippen molar-refractivity contribution in [3.8, 4) is 0 Å². The second kappa shape index (κ2) is 9.85. The third-order valence-electron chi connectivity index (χ3n) is 4.67. The summed E-state index contributed by atoms with van der Waals surface area (Å²) in [6.07, 6.45) is 2.50. The van der Waals surface area contributed by atoms with Crippen LogP contribution in [0.3, 0.4) is 0 Å². The Morgan fingerprint density at radius 1 is 1.06 bits per heavy atom. The zero-order chi connectivity index (χ0) is 24.2. The Morgan fingerprint density at radius 2 is 1.66 bits per heavy atom. The Bertz CT molecular complexity index is 1010. The van der Waals surface area contributed by atoms with Crippen LogP contribution in [0.5, 0.6) is 0 Å². The first-order chi connectivity index (χ1) is 14.8. The van der Waals surface area contributed by atoms with Gasteiger partial charge in [0.2, 0.25) is 0 Å². The van der Waals surface area contributed by atoms with Crippen molar-refractivity contribution in [1.82, 2.24) is 5.32 Å². The van der Waals surface area contributed by atoms with E-state index in [9.17, 15) is 19.5 Å². The number of aliphatic carboxylic acids is 1. The number of dihydropyridines is 1. The summed E-state index contributed by atoms with van der Waals surface area (Å²) in [4.78, 5) is 37.4. The molecule has 0 saturated heterocycles. The van der Waals surface area contributed by atoms with E-state index < -0.39 is 29.4 Å². The molecule has 0 amide bonds. The van der Waals surface area contributed by atoms with Gasteiger partial charge in [-0.3, -0.25) is 0 Å². The highest BCUT2D eigenvalue weighted by Crippen LogP contribution is 2.40. The van der Waals surface area contributed by atoms with E-state index in [0.717, 1.165) is 0 Å². The molecule has 0 radical (unpaired) electrons. The van der Waals surface area contributed by atoms with Crippen molar-refractivity contribution in [2.45, 2.75) is 66.1 Å². The second-order valence-corrected chi connectivity index (χ2v) is 8.89. The molecule has 1 aromatic carbocycles. The maximum atomic E-state index is 13.0. The van der Waals surface area contributed by atoms with Crippen LogP contribution in [0.15, 0.2) is 52.9 Å². The van der Waals surface area contributed by atoms with Crippen LogP contribution >= 0.6 is 0 Å². The number of carbonyl (C=O) groups is 3. The Labute approximate surface area is 188 Å². The molecule has 1 aromatic rings. The van der Waals surface area contributed by atoms with Gasteiger partial charge in [0.05, 0.1) is 23.2 Å².